The molecule has 5 rings (SSSR count). The van der Waals surface area contributed by atoms with Crippen molar-refractivity contribution in [2.24, 2.45) is 0 Å². The van der Waals surface area contributed by atoms with Gasteiger partial charge in [0.15, 0.2) is 0 Å². The molecule has 0 radical (unpaired) electrons. The Kier molecular flexibility index (Phi) is 4.98. The number of ether oxygens (including phenoxy) is 2. The number of nitrogens with zero attached hydrogens (tertiary/aromatic N) is 3. The minimum absolute atomic E-state index is 0.248. The molecule has 0 spiro atoms. The van der Waals surface area contributed by atoms with Gasteiger partial charge in [0.05, 0.1) is 36.4 Å². The first-order valence-corrected chi connectivity index (χ1v) is 10.00. The molecule has 164 valence electrons. The minimum atomic E-state index is -0.560. The van der Waals surface area contributed by atoms with E-state index in [9.17, 15) is 9.59 Å². The number of rotatable bonds is 5. The quantitative estimate of drug-likeness (QED) is 0.444. The highest BCUT2D eigenvalue weighted by molar-refractivity contribution is 5.82. The van der Waals surface area contributed by atoms with Crippen LogP contribution in [0.3, 0.4) is 0 Å². The Balaban J connectivity index is 1.57. The number of H-pyrrole nitrogens is 1. The van der Waals surface area contributed by atoms with Crippen LogP contribution in [-0.2, 0) is 0 Å². The van der Waals surface area contributed by atoms with Gasteiger partial charge in [-0.1, -0.05) is 17.3 Å². The molecule has 0 aliphatic heterocycles. The molecule has 2 aromatic heterocycles. The standard InChI is InChI=1S/C24H18N4O5/c1-31-16-10-8-15(9-11-16)28-23(29)17-12-7-14(13-19(17)25-24(28)30)22-26-21(27-33-22)18-5-3-4-6-20(18)32-2/h3-13H,1-2H3,(H,25,30). The molecule has 0 bridgehead atoms. The fourth-order valence-electron chi connectivity index (χ4n) is 3.60. The van der Waals surface area contributed by atoms with Crippen LogP contribution in [0.4, 0.5) is 0 Å². The zero-order valence-corrected chi connectivity index (χ0v) is 17.7. The van der Waals surface area contributed by atoms with Crippen molar-refractivity contribution in [3.8, 4) is 40.0 Å². The summed E-state index contributed by atoms with van der Waals surface area (Å²) in [6.07, 6.45) is 0. The Morgan fingerprint density at radius 2 is 1.73 bits per heavy atom. The lowest BCUT2D eigenvalue weighted by atomic mass is 10.1. The Morgan fingerprint density at radius 3 is 2.48 bits per heavy atom. The fraction of sp³-hybridized carbons (Fsp3) is 0.0833. The highest BCUT2D eigenvalue weighted by Crippen LogP contribution is 2.29. The summed E-state index contributed by atoms with van der Waals surface area (Å²) in [5, 5.41) is 4.39. The van der Waals surface area contributed by atoms with Gasteiger partial charge in [0, 0.05) is 5.56 Å². The number of hydrogen-bond donors (Lipinski definition) is 1. The van der Waals surface area contributed by atoms with Crippen LogP contribution in [0.5, 0.6) is 11.5 Å². The molecule has 0 fully saturated rings. The van der Waals surface area contributed by atoms with Crippen molar-refractivity contribution in [1.29, 1.82) is 0 Å². The summed E-state index contributed by atoms with van der Waals surface area (Å²) in [7, 11) is 3.11. The molecule has 0 saturated heterocycles. The molecule has 2 heterocycles. The van der Waals surface area contributed by atoms with Gasteiger partial charge >= 0.3 is 5.69 Å². The zero-order chi connectivity index (χ0) is 22.9. The van der Waals surface area contributed by atoms with Gasteiger partial charge in [-0.2, -0.15) is 4.98 Å². The van der Waals surface area contributed by atoms with E-state index in [2.05, 4.69) is 15.1 Å². The molecule has 9 nitrogen and oxygen atoms in total. The van der Waals surface area contributed by atoms with Gasteiger partial charge in [-0.25, -0.2) is 9.36 Å². The summed E-state index contributed by atoms with van der Waals surface area (Å²) in [4.78, 5) is 33.0. The first kappa shape index (κ1) is 20.3. The van der Waals surface area contributed by atoms with Gasteiger partial charge in [0.2, 0.25) is 5.82 Å². The van der Waals surface area contributed by atoms with Crippen LogP contribution < -0.4 is 20.7 Å². The van der Waals surface area contributed by atoms with Crippen LogP contribution in [0, 0.1) is 0 Å². The monoisotopic (exact) mass is 442 g/mol. The van der Waals surface area contributed by atoms with E-state index in [1.165, 1.54) is 0 Å². The topological polar surface area (TPSA) is 112 Å². The number of nitrogens with one attached hydrogen (secondary N) is 1. The predicted octanol–water partition coefficient (Wildman–Crippen LogP) is 3.41. The smallest absolute Gasteiger partial charge is 0.333 e. The molecule has 5 aromatic rings. The van der Waals surface area contributed by atoms with E-state index in [1.807, 2.05) is 18.2 Å². The Bertz CT molecular complexity index is 1580. The van der Waals surface area contributed by atoms with E-state index in [0.717, 1.165) is 4.57 Å². The largest absolute Gasteiger partial charge is 0.497 e. The van der Waals surface area contributed by atoms with E-state index in [1.54, 1.807) is 62.8 Å². The van der Waals surface area contributed by atoms with Gasteiger partial charge in [0.25, 0.3) is 11.4 Å². The number of benzene rings is 3. The van der Waals surface area contributed by atoms with Crippen molar-refractivity contribution in [2.75, 3.05) is 14.2 Å². The molecular formula is C24H18N4O5. The van der Waals surface area contributed by atoms with Crippen molar-refractivity contribution in [2.45, 2.75) is 0 Å². The average Bonchev–Trinajstić information content (AvgIpc) is 3.34. The van der Waals surface area contributed by atoms with Crippen molar-refractivity contribution in [3.05, 3.63) is 87.6 Å². The van der Waals surface area contributed by atoms with Crippen molar-refractivity contribution in [3.63, 3.8) is 0 Å². The van der Waals surface area contributed by atoms with E-state index >= 15 is 0 Å². The van der Waals surface area contributed by atoms with E-state index in [-0.39, 0.29) is 5.89 Å². The second-order valence-electron chi connectivity index (χ2n) is 7.15. The maximum absolute atomic E-state index is 13.1. The van der Waals surface area contributed by atoms with Crippen LogP contribution in [0.15, 0.2) is 80.8 Å². The summed E-state index contributed by atoms with van der Waals surface area (Å²) < 4.78 is 17.0. The lowest BCUT2D eigenvalue weighted by Gasteiger charge is -2.08. The Morgan fingerprint density at radius 1 is 0.939 bits per heavy atom. The lowest BCUT2D eigenvalue weighted by molar-refractivity contribution is 0.413. The maximum atomic E-state index is 13.1. The summed E-state index contributed by atoms with van der Waals surface area (Å²) >= 11 is 0. The molecule has 1 N–H and O–H groups in total. The minimum Gasteiger partial charge on any atom is -0.497 e. The maximum Gasteiger partial charge on any atom is 0.333 e. The van der Waals surface area contributed by atoms with Gasteiger partial charge in [-0.15, -0.1) is 0 Å². The summed E-state index contributed by atoms with van der Waals surface area (Å²) in [5.74, 6) is 1.86. The summed E-state index contributed by atoms with van der Waals surface area (Å²) in [6.45, 7) is 0. The van der Waals surface area contributed by atoms with Crippen LogP contribution in [0.1, 0.15) is 0 Å². The molecular weight excluding hydrogens is 424 g/mol. The third-order valence-corrected chi connectivity index (χ3v) is 5.25. The first-order chi connectivity index (χ1) is 16.1. The molecule has 0 aliphatic carbocycles. The van der Waals surface area contributed by atoms with Crippen molar-refractivity contribution < 1.29 is 14.0 Å². The molecule has 0 atom stereocenters. The first-order valence-electron chi connectivity index (χ1n) is 10.00. The predicted molar refractivity (Wildman–Crippen MR) is 122 cm³/mol. The molecule has 0 unspecified atom stereocenters. The number of aromatic nitrogens is 4. The van der Waals surface area contributed by atoms with Crippen LogP contribution in [0.2, 0.25) is 0 Å². The number of para-hydroxylation sites is 1. The second-order valence-corrected chi connectivity index (χ2v) is 7.15. The van der Waals surface area contributed by atoms with E-state index < -0.39 is 11.2 Å². The molecule has 3 aromatic carbocycles. The highest BCUT2D eigenvalue weighted by Gasteiger charge is 2.16. The molecule has 0 aliphatic rings. The Labute approximate surface area is 186 Å². The number of aromatic amines is 1. The average molecular weight is 442 g/mol. The van der Waals surface area contributed by atoms with Crippen molar-refractivity contribution in [1.82, 2.24) is 19.7 Å². The van der Waals surface area contributed by atoms with Gasteiger partial charge in [0.1, 0.15) is 11.5 Å². The van der Waals surface area contributed by atoms with Gasteiger partial charge in [-0.05, 0) is 54.6 Å². The second kappa shape index (κ2) is 8.12. The van der Waals surface area contributed by atoms with E-state index in [4.69, 9.17) is 14.0 Å². The normalized spacial score (nSPS) is 11.0. The van der Waals surface area contributed by atoms with Gasteiger partial charge < -0.3 is 19.0 Å². The molecule has 33 heavy (non-hydrogen) atoms. The number of hydrogen-bond acceptors (Lipinski definition) is 7. The Hall–Kier alpha value is -4.66. The number of fused-ring (bicyclic) bond motifs is 1. The highest BCUT2D eigenvalue weighted by atomic mass is 16.5. The summed E-state index contributed by atoms with van der Waals surface area (Å²) in [5.41, 5.74) is 1.05. The number of methoxy groups -OCH3 is 2. The van der Waals surface area contributed by atoms with Crippen LogP contribution >= 0.6 is 0 Å². The lowest BCUT2D eigenvalue weighted by Crippen LogP contribution is -2.33. The van der Waals surface area contributed by atoms with E-state index in [0.29, 0.717) is 45.0 Å². The molecule has 0 saturated carbocycles. The molecule has 9 heteroatoms. The summed E-state index contributed by atoms with van der Waals surface area (Å²) in [6, 6.07) is 18.9. The third kappa shape index (κ3) is 3.55. The third-order valence-electron chi connectivity index (χ3n) is 5.25. The zero-order valence-electron chi connectivity index (χ0n) is 17.7. The van der Waals surface area contributed by atoms with Crippen molar-refractivity contribution >= 4 is 10.9 Å². The van der Waals surface area contributed by atoms with Crippen LogP contribution in [0.25, 0.3) is 39.4 Å². The van der Waals surface area contributed by atoms with Crippen LogP contribution in [-0.4, -0.2) is 33.9 Å². The SMILES string of the molecule is COc1ccc(-n2c(=O)[nH]c3cc(-c4nc(-c5ccccc5OC)no4)ccc3c2=O)cc1. The molecule has 0 amide bonds. The van der Waals surface area contributed by atoms with Gasteiger partial charge in [-0.3, -0.25) is 4.79 Å². The fourth-order valence-corrected chi connectivity index (χ4v) is 3.60.